The monoisotopic (exact) mass is 542 g/mol. The number of amides is 2. The van der Waals surface area contributed by atoms with Gasteiger partial charge in [0.05, 0.1) is 5.75 Å². The summed E-state index contributed by atoms with van der Waals surface area (Å²) in [5.74, 6) is 0.665. The van der Waals surface area contributed by atoms with Crippen LogP contribution in [0.4, 0.5) is 0 Å². The van der Waals surface area contributed by atoms with Gasteiger partial charge in [-0.05, 0) is 49.6 Å². The number of hydrogen-bond acceptors (Lipinski definition) is 3. The van der Waals surface area contributed by atoms with Gasteiger partial charge in [-0.3, -0.25) is 9.59 Å². The largest absolute Gasteiger partial charge is 0.352 e. The van der Waals surface area contributed by atoms with E-state index in [1.165, 1.54) is 11.1 Å². The molecule has 190 valence electrons. The molecule has 0 aliphatic rings. The van der Waals surface area contributed by atoms with E-state index in [4.69, 9.17) is 23.2 Å². The van der Waals surface area contributed by atoms with E-state index in [-0.39, 0.29) is 30.2 Å². The Bertz CT molecular complexity index is 1170. The first-order valence-corrected chi connectivity index (χ1v) is 13.8. The molecule has 2 amide bonds. The molecule has 0 spiro atoms. The number of benzene rings is 3. The van der Waals surface area contributed by atoms with Gasteiger partial charge in [-0.2, -0.15) is 0 Å². The highest BCUT2D eigenvalue weighted by molar-refractivity contribution is 7.99. The van der Waals surface area contributed by atoms with Crippen molar-refractivity contribution in [2.45, 2.75) is 51.6 Å². The van der Waals surface area contributed by atoms with E-state index in [9.17, 15) is 9.59 Å². The van der Waals surface area contributed by atoms with Crippen molar-refractivity contribution in [2.24, 2.45) is 0 Å². The molecule has 3 aromatic rings. The van der Waals surface area contributed by atoms with Crippen molar-refractivity contribution < 1.29 is 9.59 Å². The smallest absolute Gasteiger partial charge is 0.243 e. The van der Waals surface area contributed by atoms with Crippen molar-refractivity contribution in [3.63, 3.8) is 0 Å². The second-order valence-corrected chi connectivity index (χ2v) is 10.9. The molecule has 0 radical (unpaired) electrons. The number of nitrogens with one attached hydrogen (secondary N) is 1. The zero-order chi connectivity index (χ0) is 26.1. The normalized spacial score (nSPS) is 11.8. The summed E-state index contributed by atoms with van der Waals surface area (Å²) < 4.78 is 0. The minimum absolute atomic E-state index is 0.0532. The Kier molecular flexibility index (Phi) is 10.7. The van der Waals surface area contributed by atoms with Crippen molar-refractivity contribution in [2.75, 3.05) is 5.75 Å². The van der Waals surface area contributed by atoms with Crippen molar-refractivity contribution in [3.05, 3.63) is 105 Å². The van der Waals surface area contributed by atoms with Crippen molar-refractivity contribution in [1.82, 2.24) is 10.2 Å². The van der Waals surface area contributed by atoms with Crippen LogP contribution in [0.2, 0.25) is 10.0 Å². The summed E-state index contributed by atoms with van der Waals surface area (Å²) in [6, 6.07) is 22.5. The van der Waals surface area contributed by atoms with Crippen LogP contribution in [0.15, 0.2) is 72.8 Å². The van der Waals surface area contributed by atoms with Gasteiger partial charge in [-0.1, -0.05) is 89.4 Å². The number of rotatable bonds is 11. The Balaban J connectivity index is 1.88. The first-order valence-electron chi connectivity index (χ1n) is 11.9. The van der Waals surface area contributed by atoms with Crippen LogP contribution in [-0.2, 0) is 28.3 Å². The van der Waals surface area contributed by atoms with Crippen LogP contribution in [-0.4, -0.2) is 34.6 Å². The maximum absolute atomic E-state index is 13.7. The minimum Gasteiger partial charge on any atom is -0.352 e. The van der Waals surface area contributed by atoms with Gasteiger partial charge >= 0.3 is 0 Å². The third kappa shape index (κ3) is 8.58. The van der Waals surface area contributed by atoms with Crippen LogP contribution in [0.5, 0.6) is 0 Å². The SMILES string of the molecule is Cc1cccc(CSCC(=O)N(Cc2ccc(Cl)cc2Cl)[C@@H](Cc2ccccc2)C(=O)NC(C)C)c1. The standard InChI is InChI=1S/C29H32Cl2N2O2S/c1-20(2)32-29(35)27(15-22-9-5-4-6-10-22)33(17-24-12-13-25(30)16-26(24)31)28(34)19-36-18-23-11-7-8-21(3)14-23/h4-14,16,20,27H,15,17-19H2,1-3H3,(H,32,35)/t27-/m0/s1. The first kappa shape index (κ1) is 28.1. The molecule has 1 N–H and O–H groups in total. The molecule has 0 heterocycles. The third-order valence-corrected chi connectivity index (χ3v) is 7.21. The van der Waals surface area contributed by atoms with Crippen LogP contribution in [0.3, 0.4) is 0 Å². The molecule has 0 saturated carbocycles. The van der Waals surface area contributed by atoms with Gasteiger partial charge in [0, 0.05) is 34.8 Å². The molecule has 0 unspecified atom stereocenters. The summed E-state index contributed by atoms with van der Waals surface area (Å²) in [6.07, 6.45) is 0.402. The number of carbonyl (C=O) groups excluding carboxylic acids is 2. The fourth-order valence-electron chi connectivity index (χ4n) is 3.91. The number of nitrogens with zero attached hydrogens (tertiary/aromatic N) is 1. The average Bonchev–Trinajstić information content (AvgIpc) is 2.82. The number of thioether (sulfide) groups is 1. The van der Waals surface area contributed by atoms with E-state index in [2.05, 4.69) is 30.4 Å². The summed E-state index contributed by atoms with van der Waals surface area (Å²) in [5, 5.41) is 3.99. The van der Waals surface area contributed by atoms with Crippen LogP contribution in [0, 0.1) is 6.92 Å². The van der Waals surface area contributed by atoms with E-state index in [0.29, 0.717) is 22.2 Å². The van der Waals surface area contributed by atoms with Gasteiger partial charge in [-0.25, -0.2) is 0 Å². The van der Waals surface area contributed by atoms with Gasteiger partial charge in [0.2, 0.25) is 11.8 Å². The lowest BCUT2D eigenvalue weighted by Crippen LogP contribution is -2.52. The van der Waals surface area contributed by atoms with Gasteiger partial charge in [0.25, 0.3) is 0 Å². The Morgan fingerprint density at radius 3 is 2.33 bits per heavy atom. The molecule has 0 aliphatic heterocycles. The molecule has 0 saturated heterocycles. The summed E-state index contributed by atoms with van der Waals surface area (Å²) in [7, 11) is 0. The highest BCUT2D eigenvalue weighted by atomic mass is 35.5. The lowest BCUT2D eigenvalue weighted by Gasteiger charge is -2.32. The van der Waals surface area contributed by atoms with E-state index in [0.717, 1.165) is 11.1 Å². The second kappa shape index (κ2) is 13.7. The van der Waals surface area contributed by atoms with Crippen molar-refractivity contribution >= 4 is 46.8 Å². The highest BCUT2D eigenvalue weighted by Crippen LogP contribution is 2.25. The minimum atomic E-state index is -0.686. The molecule has 0 bridgehead atoms. The fraction of sp³-hybridized carbons (Fsp3) is 0.310. The molecule has 3 aromatic carbocycles. The molecular formula is C29H32Cl2N2O2S. The quantitative estimate of drug-likeness (QED) is 0.293. The van der Waals surface area contributed by atoms with Gasteiger partial charge in [0.15, 0.2) is 0 Å². The molecule has 1 atom stereocenters. The topological polar surface area (TPSA) is 49.4 Å². The molecule has 36 heavy (non-hydrogen) atoms. The molecule has 0 aromatic heterocycles. The number of aryl methyl sites for hydroxylation is 1. The van der Waals surface area contributed by atoms with Crippen LogP contribution in [0.25, 0.3) is 0 Å². The Labute approximate surface area is 228 Å². The number of halogens is 2. The summed E-state index contributed by atoms with van der Waals surface area (Å²) in [4.78, 5) is 28.7. The Morgan fingerprint density at radius 1 is 0.944 bits per heavy atom. The second-order valence-electron chi connectivity index (χ2n) is 9.11. The lowest BCUT2D eigenvalue weighted by atomic mass is 10.0. The highest BCUT2D eigenvalue weighted by Gasteiger charge is 2.31. The predicted octanol–water partition coefficient (Wildman–Crippen LogP) is 6.70. The van der Waals surface area contributed by atoms with Crippen molar-refractivity contribution in [3.8, 4) is 0 Å². The molecule has 0 fully saturated rings. The predicted molar refractivity (Wildman–Crippen MR) is 152 cm³/mol. The molecular weight excluding hydrogens is 511 g/mol. The Hall–Kier alpha value is -2.47. The van der Waals surface area contributed by atoms with Crippen LogP contribution >= 0.6 is 35.0 Å². The molecule has 0 aliphatic carbocycles. The van der Waals surface area contributed by atoms with Crippen molar-refractivity contribution in [1.29, 1.82) is 0 Å². The molecule has 3 rings (SSSR count). The van der Waals surface area contributed by atoms with Gasteiger partial charge in [0.1, 0.15) is 6.04 Å². The number of hydrogen-bond donors (Lipinski definition) is 1. The maximum Gasteiger partial charge on any atom is 0.243 e. The average molecular weight is 544 g/mol. The Morgan fingerprint density at radius 2 is 1.67 bits per heavy atom. The zero-order valence-electron chi connectivity index (χ0n) is 20.8. The maximum atomic E-state index is 13.7. The van der Waals surface area contributed by atoms with E-state index < -0.39 is 6.04 Å². The van der Waals surface area contributed by atoms with Gasteiger partial charge < -0.3 is 10.2 Å². The summed E-state index contributed by atoms with van der Waals surface area (Å²) in [6.45, 7) is 6.09. The number of carbonyl (C=O) groups is 2. The summed E-state index contributed by atoms with van der Waals surface area (Å²) in [5.41, 5.74) is 4.08. The van der Waals surface area contributed by atoms with Crippen LogP contribution < -0.4 is 5.32 Å². The van der Waals surface area contributed by atoms with E-state index in [1.807, 2.05) is 56.3 Å². The van der Waals surface area contributed by atoms with Gasteiger partial charge in [-0.15, -0.1) is 11.8 Å². The summed E-state index contributed by atoms with van der Waals surface area (Å²) >= 11 is 14.1. The van der Waals surface area contributed by atoms with E-state index >= 15 is 0 Å². The van der Waals surface area contributed by atoms with Crippen LogP contribution in [0.1, 0.15) is 36.1 Å². The van der Waals surface area contributed by atoms with E-state index in [1.54, 1.807) is 28.8 Å². The third-order valence-electron chi connectivity index (χ3n) is 5.63. The fourth-order valence-corrected chi connectivity index (χ4v) is 5.24. The zero-order valence-corrected chi connectivity index (χ0v) is 23.2. The molecule has 7 heteroatoms. The first-order chi connectivity index (χ1) is 17.2. The lowest BCUT2D eigenvalue weighted by molar-refractivity contribution is -0.139. The molecule has 4 nitrogen and oxygen atoms in total.